The van der Waals surface area contributed by atoms with E-state index < -0.39 is 0 Å². The van der Waals surface area contributed by atoms with Crippen LogP contribution in [0.1, 0.15) is 17.5 Å². The fourth-order valence-electron chi connectivity index (χ4n) is 6.32. The maximum absolute atomic E-state index is 6.63. The normalized spacial score (nSPS) is 12.5. The molecular formula is C40H29NO. The summed E-state index contributed by atoms with van der Waals surface area (Å²) >= 11 is 0. The van der Waals surface area contributed by atoms with Crippen molar-refractivity contribution in [3.63, 3.8) is 0 Å². The predicted octanol–water partition coefficient (Wildman–Crippen LogP) is 11.3. The Bertz CT molecular complexity index is 2030. The topological polar surface area (TPSA) is 16.4 Å². The lowest BCUT2D eigenvalue weighted by Crippen LogP contribution is -2.14. The molecule has 42 heavy (non-hydrogen) atoms. The molecule has 2 nitrogen and oxygen atoms in total. The van der Waals surface area contributed by atoms with Crippen LogP contribution in [0.3, 0.4) is 0 Å². The van der Waals surface area contributed by atoms with Crippen LogP contribution >= 0.6 is 0 Å². The van der Waals surface area contributed by atoms with Gasteiger partial charge in [0.1, 0.15) is 5.58 Å². The van der Waals surface area contributed by atoms with Crippen LogP contribution in [-0.2, 0) is 6.42 Å². The average molecular weight is 540 g/mol. The summed E-state index contributed by atoms with van der Waals surface area (Å²) in [5.74, 6) is 0. The van der Waals surface area contributed by atoms with E-state index in [4.69, 9.17) is 4.42 Å². The lowest BCUT2D eigenvalue weighted by Gasteiger charge is -2.30. The SMILES string of the molecule is C1=Cc2cccc(N(c3cc(-c4ccccc4)cc(-c4ccccc4)c3)c3cccc4c3oc3ccccc34)c2CC1. The molecule has 8 rings (SSSR count). The van der Waals surface area contributed by atoms with Crippen molar-refractivity contribution < 1.29 is 4.42 Å². The second kappa shape index (κ2) is 10.2. The molecule has 0 N–H and O–H groups in total. The minimum Gasteiger partial charge on any atom is -0.454 e. The van der Waals surface area contributed by atoms with E-state index in [-0.39, 0.29) is 0 Å². The zero-order chi connectivity index (χ0) is 27.9. The molecule has 0 saturated carbocycles. The van der Waals surface area contributed by atoms with Gasteiger partial charge in [0.25, 0.3) is 0 Å². The highest BCUT2D eigenvalue weighted by Gasteiger charge is 2.23. The molecule has 0 radical (unpaired) electrons. The third-order valence-electron chi connectivity index (χ3n) is 8.30. The standard InChI is InChI=1S/C40H29NO/c1-3-13-28(14-4-1)31-25-32(29-15-5-2-6-16-29)27-33(26-31)41(37-22-11-18-30-17-7-8-19-34(30)37)38-23-12-21-36-35-20-9-10-24-39(35)42-40(36)38/h1-7,9-18,20-27H,8,19H2. The highest BCUT2D eigenvalue weighted by Crippen LogP contribution is 2.46. The number of allylic oxidation sites excluding steroid dienone is 1. The van der Waals surface area contributed by atoms with Crippen LogP contribution in [0.4, 0.5) is 17.1 Å². The summed E-state index contributed by atoms with van der Waals surface area (Å²) in [7, 11) is 0. The summed E-state index contributed by atoms with van der Waals surface area (Å²) in [6.07, 6.45) is 6.57. The molecule has 0 atom stereocenters. The van der Waals surface area contributed by atoms with Gasteiger partial charge >= 0.3 is 0 Å². The molecule has 1 aromatic heterocycles. The van der Waals surface area contributed by atoms with Crippen molar-refractivity contribution in [1.82, 2.24) is 0 Å². The molecule has 0 aliphatic heterocycles. The minimum atomic E-state index is 0.897. The predicted molar refractivity (Wildman–Crippen MR) is 177 cm³/mol. The number of rotatable bonds is 5. The number of hydrogen-bond donors (Lipinski definition) is 0. The number of benzene rings is 6. The second-order valence-corrected chi connectivity index (χ2v) is 10.9. The highest BCUT2D eigenvalue weighted by molar-refractivity contribution is 6.10. The highest BCUT2D eigenvalue weighted by atomic mass is 16.3. The number of nitrogens with zero attached hydrogens (tertiary/aromatic N) is 1. The third kappa shape index (κ3) is 4.20. The number of hydrogen-bond acceptors (Lipinski definition) is 2. The Kier molecular flexibility index (Phi) is 5.97. The van der Waals surface area contributed by atoms with Crippen LogP contribution in [0.25, 0.3) is 50.3 Å². The van der Waals surface area contributed by atoms with Crippen molar-refractivity contribution in [3.05, 3.63) is 157 Å². The van der Waals surface area contributed by atoms with Gasteiger partial charge in [0, 0.05) is 16.5 Å². The third-order valence-corrected chi connectivity index (χ3v) is 8.30. The number of furan rings is 1. The smallest absolute Gasteiger partial charge is 0.159 e. The van der Waals surface area contributed by atoms with E-state index in [1.807, 2.05) is 6.07 Å². The molecule has 0 saturated heterocycles. The van der Waals surface area contributed by atoms with Gasteiger partial charge in [-0.05, 0) is 82.6 Å². The lowest BCUT2D eigenvalue weighted by molar-refractivity contribution is 0.669. The molecule has 200 valence electrons. The number of anilines is 3. The maximum atomic E-state index is 6.63. The van der Waals surface area contributed by atoms with Crippen molar-refractivity contribution in [2.75, 3.05) is 4.90 Å². The Labute approximate surface area is 245 Å². The molecule has 7 aromatic rings. The first kappa shape index (κ1) is 24.5. The summed E-state index contributed by atoms with van der Waals surface area (Å²) in [6, 6.07) is 49.8. The summed E-state index contributed by atoms with van der Waals surface area (Å²) < 4.78 is 6.63. The van der Waals surface area contributed by atoms with Crippen LogP contribution < -0.4 is 4.90 Å². The van der Waals surface area contributed by atoms with Gasteiger partial charge in [-0.1, -0.05) is 115 Å². The van der Waals surface area contributed by atoms with Crippen LogP contribution in [-0.4, -0.2) is 0 Å². The Morgan fingerprint density at radius 3 is 1.93 bits per heavy atom. The molecule has 2 heteroatoms. The average Bonchev–Trinajstić information content (AvgIpc) is 3.45. The van der Waals surface area contributed by atoms with Gasteiger partial charge in [-0.2, -0.15) is 0 Å². The first-order chi connectivity index (χ1) is 20.8. The van der Waals surface area contributed by atoms with E-state index in [9.17, 15) is 0 Å². The van der Waals surface area contributed by atoms with E-state index in [1.54, 1.807) is 0 Å². The Morgan fingerprint density at radius 2 is 1.17 bits per heavy atom. The molecular weight excluding hydrogens is 510 g/mol. The molecule has 6 aromatic carbocycles. The summed E-state index contributed by atoms with van der Waals surface area (Å²) in [6.45, 7) is 0. The van der Waals surface area contributed by atoms with Crippen LogP contribution in [0.2, 0.25) is 0 Å². The summed E-state index contributed by atoms with van der Waals surface area (Å²) in [5.41, 5.74) is 12.5. The number of fused-ring (bicyclic) bond motifs is 4. The zero-order valence-electron chi connectivity index (χ0n) is 23.2. The van der Waals surface area contributed by atoms with Gasteiger partial charge in [-0.15, -0.1) is 0 Å². The van der Waals surface area contributed by atoms with Gasteiger partial charge in [0.2, 0.25) is 0 Å². The van der Waals surface area contributed by atoms with E-state index in [0.717, 1.165) is 46.2 Å². The van der Waals surface area contributed by atoms with Crippen molar-refractivity contribution in [1.29, 1.82) is 0 Å². The van der Waals surface area contributed by atoms with Gasteiger partial charge < -0.3 is 9.32 Å². The monoisotopic (exact) mass is 539 g/mol. The molecule has 0 amide bonds. The fourth-order valence-corrected chi connectivity index (χ4v) is 6.32. The summed E-state index contributed by atoms with van der Waals surface area (Å²) in [4.78, 5) is 2.42. The Hall–Kier alpha value is -5.34. The van der Waals surface area contributed by atoms with Crippen molar-refractivity contribution in [2.45, 2.75) is 12.8 Å². The molecule has 1 aliphatic rings. The minimum absolute atomic E-state index is 0.897. The molecule has 1 heterocycles. The zero-order valence-corrected chi connectivity index (χ0v) is 23.2. The van der Waals surface area contributed by atoms with Crippen LogP contribution in [0.5, 0.6) is 0 Å². The molecule has 0 spiro atoms. The first-order valence-electron chi connectivity index (χ1n) is 14.6. The number of para-hydroxylation sites is 2. The molecule has 0 unspecified atom stereocenters. The lowest BCUT2D eigenvalue weighted by atomic mass is 9.93. The van der Waals surface area contributed by atoms with Crippen molar-refractivity contribution in [2.24, 2.45) is 0 Å². The van der Waals surface area contributed by atoms with E-state index in [2.05, 4.69) is 151 Å². The first-order valence-corrected chi connectivity index (χ1v) is 14.6. The van der Waals surface area contributed by atoms with Crippen molar-refractivity contribution >= 4 is 45.1 Å². The maximum Gasteiger partial charge on any atom is 0.159 e. The van der Waals surface area contributed by atoms with Crippen LogP contribution in [0.15, 0.2) is 150 Å². The molecule has 0 bridgehead atoms. The van der Waals surface area contributed by atoms with E-state index >= 15 is 0 Å². The van der Waals surface area contributed by atoms with Gasteiger partial charge in [-0.3, -0.25) is 0 Å². The van der Waals surface area contributed by atoms with Gasteiger partial charge in [-0.25, -0.2) is 0 Å². The van der Waals surface area contributed by atoms with E-state index in [1.165, 1.54) is 39.1 Å². The second-order valence-electron chi connectivity index (χ2n) is 10.9. The molecule has 1 aliphatic carbocycles. The Morgan fingerprint density at radius 1 is 0.524 bits per heavy atom. The van der Waals surface area contributed by atoms with Gasteiger partial charge in [0.15, 0.2) is 5.58 Å². The van der Waals surface area contributed by atoms with Gasteiger partial charge in [0.05, 0.1) is 11.4 Å². The van der Waals surface area contributed by atoms with Crippen molar-refractivity contribution in [3.8, 4) is 22.3 Å². The Balaban J connectivity index is 1.45. The summed E-state index contributed by atoms with van der Waals surface area (Å²) in [5, 5.41) is 2.26. The fraction of sp³-hybridized carbons (Fsp3) is 0.0500. The largest absolute Gasteiger partial charge is 0.454 e. The quantitative estimate of drug-likeness (QED) is 0.216. The molecule has 0 fully saturated rings. The van der Waals surface area contributed by atoms with Crippen LogP contribution in [0, 0.1) is 0 Å². The van der Waals surface area contributed by atoms with E-state index in [0.29, 0.717) is 0 Å².